The minimum absolute atomic E-state index is 0.0180. The molecule has 7 amide bonds. The lowest BCUT2D eigenvalue weighted by molar-refractivity contribution is -0.141. The second-order valence-corrected chi connectivity index (χ2v) is 28.3. The highest BCUT2D eigenvalue weighted by Gasteiger charge is 2.35. The fourth-order valence-electron chi connectivity index (χ4n) is 12.9. The van der Waals surface area contributed by atoms with E-state index < -0.39 is 202 Å². The number of nitrogens with one attached hydrogen (secondary N) is 14. The summed E-state index contributed by atoms with van der Waals surface area (Å²) in [5, 5.41) is 45.3. The van der Waals surface area contributed by atoms with E-state index in [2.05, 4.69) is 82.4 Å². The Kier molecular flexibility index (Phi) is 38.6. The molecule has 0 aliphatic rings. The number of nitrogens with zero attached hydrogens (tertiary/aromatic N) is 13. The summed E-state index contributed by atoms with van der Waals surface area (Å²) in [6.45, 7) is -4.12. The van der Waals surface area contributed by atoms with Gasteiger partial charge in [0.1, 0.15) is 43.8 Å². The molecule has 6 heterocycles. The smallest absolute Gasteiger partial charge is 0.349 e. The van der Waals surface area contributed by atoms with Crippen LogP contribution in [0, 0.1) is 23.2 Å². The third-order valence-electron chi connectivity index (χ3n) is 19.1. The molecule has 5 atom stereocenters. The highest BCUT2D eigenvalue weighted by atomic mass is 16.2. The Morgan fingerprint density at radius 3 is 1.48 bits per heavy atom. The maximum absolute atomic E-state index is 15.1. The fourth-order valence-corrected chi connectivity index (χ4v) is 12.9. The van der Waals surface area contributed by atoms with Gasteiger partial charge in [-0.05, 0) is 97.2 Å². The van der Waals surface area contributed by atoms with E-state index in [9.17, 15) is 67.1 Å². The lowest BCUT2D eigenvalue weighted by Gasteiger charge is -2.33. The predicted molar refractivity (Wildman–Crippen MR) is 443 cm³/mol. The van der Waals surface area contributed by atoms with E-state index in [0.717, 1.165) is 36.4 Å². The number of hydrogen-bond acceptors (Lipinski definition) is 31. The Morgan fingerprint density at radius 2 is 0.967 bits per heavy atom. The molecular formula is C70H112N36O15. The average molecular weight is 1700 g/mol. The van der Waals surface area contributed by atoms with Crippen molar-refractivity contribution in [3.05, 3.63) is 88.7 Å². The third-order valence-corrected chi connectivity index (χ3v) is 19.1. The van der Waals surface area contributed by atoms with Gasteiger partial charge in [-0.1, -0.05) is 12.8 Å². The fraction of sp³-hybridized carbons (Fsp3) is 0.557. The number of anilines is 3. The van der Waals surface area contributed by atoms with Gasteiger partial charge < -0.3 is 123 Å². The first-order chi connectivity index (χ1) is 57.6. The number of guanidine groups is 3. The number of aryl methyl sites for hydroxylation is 1. The summed E-state index contributed by atoms with van der Waals surface area (Å²) in [6, 6.07) is -4.64. The van der Waals surface area contributed by atoms with Crippen molar-refractivity contribution in [2.24, 2.45) is 34.4 Å². The first-order valence-electron chi connectivity index (χ1n) is 39.0. The first-order valence-corrected chi connectivity index (χ1v) is 39.0. The zero-order valence-electron chi connectivity index (χ0n) is 67.5. The zero-order valence-corrected chi connectivity index (χ0v) is 67.5. The van der Waals surface area contributed by atoms with Crippen LogP contribution in [0.25, 0.3) is 22.3 Å². The van der Waals surface area contributed by atoms with Gasteiger partial charge in [0.15, 0.2) is 51.8 Å². The van der Waals surface area contributed by atoms with Gasteiger partial charge in [0.2, 0.25) is 53.2 Å². The topological polar surface area (TPSA) is 803 Å². The van der Waals surface area contributed by atoms with Crippen LogP contribution < -0.4 is 122 Å². The summed E-state index contributed by atoms with van der Waals surface area (Å²) in [4.78, 5) is 240. The van der Waals surface area contributed by atoms with Gasteiger partial charge in [-0.2, -0.15) is 15.0 Å². The molecule has 51 heteroatoms. The second kappa shape index (κ2) is 48.5. The number of aromatic amines is 3. The van der Waals surface area contributed by atoms with Gasteiger partial charge in [0.05, 0.1) is 56.5 Å². The van der Waals surface area contributed by atoms with Crippen molar-refractivity contribution < 1.29 is 47.9 Å². The van der Waals surface area contributed by atoms with E-state index in [-0.39, 0.29) is 135 Å². The van der Waals surface area contributed by atoms with Crippen molar-refractivity contribution in [2.45, 2.75) is 147 Å². The highest BCUT2D eigenvalue weighted by molar-refractivity contribution is 5.93. The average Bonchev–Trinajstić information content (AvgIpc) is 1.68. The Hall–Kier alpha value is -13.4. The molecule has 662 valence electrons. The molecule has 6 aromatic heterocycles. The number of nitrogens with two attached hydrogens (primary N) is 9. The van der Waals surface area contributed by atoms with Crippen LogP contribution in [0.2, 0.25) is 0 Å². The van der Waals surface area contributed by atoms with Crippen LogP contribution in [-0.2, 0) is 74.1 Å². The van der Waals surface area contributed by atoms with Crippen molar-refractivity contribution in [3.8, 4) is 0 Å². The van der Waals surface area contributed by atoms with Crippen LogP contribution in [0.4, 0.5) is 17.7 Å². The molecule has 0 aliphatic heterocycles. The number of amides is 7. The van der Waals surface area contributed by atoms with E-state index in [4.69, 9.17) is 67.8 Å². The molecule has 0 saturated heterocycles. The third kappa shape index (κ3) is 30.8. The SMILES string of the molecule is CC(=O)[C@H](CCCCN)NCC(=O)[C@H](CCCNC(=N)N)N(CCNC(=O)CN(CCNC(=O)[C@H](CCCNC(=N)N)N(CCNCC(=O)[C@H](CCCNC(=N)N)N(CCNC(=O)[C@@H](N)CCCCN)C(=O)Cn1cnc2c(=O)[nH]c(N)nc21)C(=O)Cn1ccc(N)nc1=O)C(=O)Cn1cc(C)c(=O)[nH]c1=O)C(=O)Cn1cnc2c(=O)[nH]c(N)nc21. The second-order valence-electron chi connectivity index (χ2n) is 28.3. The number of ketones is 3. The van der Waals surface area contributed by atoms with Crippen molar-refractivity contribution in [1.29, 1.82) is 16.2 Å². The number of imidazole rings is 2. The van der Waals surface area contributed by atoms with Crippen LogP contribution in [0.1, 0.15) is 89.5 Å². The summed E-state index contributed by atoms with van der Waals surface area (Å²) in [6.07, 6.45) is 7.44. The molecule has 0 spiro atoms. The van der Waals surface area contributed by atoms with Crippen molar-refractivity contribution in [3.63, 3.8) is 0 Å². The molecule has 6 aromatic rings. The van der Waals surface area contributed by atoms with Crippen molar-refractivity contribution in [1.82, 2.24) is 120 Å². The zero-order chi connectivity index (χ0) is 89.0. The Labute approximate surface area is 690 Å². The molecule has 0 unspecified atom stereocenters. The normalized spacial score (nSPS) is 12.4. The van der Waals surface area contributed by atoms with Crippen LogP contribution in [0.15, 0.2) is 55.1 Å². The van der Waals surface area contributed by atoms with E-state index >= 15 is 4.79 Å². The Balaban J connectivity index is 1.31. The number of carbonyl (C=O) groups is 10. The maximum atomic E-state index is 15.1. The standard InChI is InChI=1S/C70H112N36O15/c1-40-32-101(70(121)98-59(40)115)34-51(111)99(33-50(110)84-23-28-104(53(113)36-102-38-91-55-57(102)94-67(81)96-62(55)118)45(13-8-19-88-65(77)78)48(109)31-90-43(41(2)107)11-4-6-17-72)26-22-86-61(117)46(14-9-20-89-66(79)80)106(52(112)35-100-25-15-49(74)93-69(100)120)27-21-83-30-47(108)44(12-7-18-87-64(75)76)105(29-24-85-60(116)42(73)10-3-5-16-71)54(114)37-103-39-92-56-58(103)95-68(82)97-63(56)119/h15,25,32,38-39,42-46,83,90H,3-14,16-24,26-31,33-37,71-73H2,1-2H3,(H,84,110)(H,85,116)(H,86,117)(H2,74,93,120)(H4,75,76,87)(H4,77,78,88)(H4,79,80,89)(H,98,115,121)(H3,81,94,96,118)(H3,82,95,97,119)/t42-,43-,44-,45-,46-/m0/s1. The quantitative estimate of drug-likeness (QED) is 0.00958. The molecule has 0 aliphatic carbocycles. The van der Waals surface area contributed by atoms with E-state index in [1.54, 1.807) is 0 Å². The van der Waals surface area contributed by atoms with Gasteiger partial charge in [-0.3, -0.25) is 103 Å². The number of fused-ring (bicyclic) bond motifs is 2. The number of aromatic nitrogens is 12. The molecule has 51 nitrogen and oxygen atoms in total. The molecule has 0 saturated carbocycles. The van der Waals surface area contributed by atoms with Crippen LogP contribution in [-0.4, -0.2) is 289 Å². The monoisotopic (exact) mass is 1700 g/mol. The minimum Gasteiger partial charge on any atom is -0.383 e. The summed E-state index contributed by atoms with van der Waals surface area (Å²) in [5.41, 5.74) is 47.3. The summed E-state index contributed by atoms with van der Waals surface area (Å²) < 4.78 is 4.23. The van der Waals surface area contributed by atoms with Gasteiger partial charge in [-0.15, -0.1) is 0 Å². The predicted octanol–water partition coefficient (Wildman–Crippen LogP) is -10.5. The number of Topliss-reactive ketones (excluding diaryl/α,β-unsaturated/α-hetero) is 3. The molecule has 0 fully saturated rings. The van der Waals surface area contributed by atoms with Gasteiger partial charge in [0, 0.05) is 89.9 Å². The number of rotatable bonds is 55. The van der Waals surface area contributed by atoms with Crippen LogP contribution in [0.5, 0.6) is 0 Å². The molecular weight excluding hydrogens is 1590 g/mol. The van der Waals surface area contributed by atoms with E-state index in [1.807, 2.05) is 0 Å². The number of hydrogen-bond donors (Lipinski definition) is 23. The summed E-state index contributed by atoms with van der Waals surface area (Å²) in [7, 11) is 0. The van der Waals surface area contributed by atoms with Gasteiger partial charge in [-0.25, -0.2) is 19.6 Å². The lowest BCUT2D eigenvalue weighted by atomic mass is 10.0. The molecule has 121 heavy (non-hydrogen) atoms. The van der Waals surface area contributed by atoms with E-state index in [1.165, 1.54) is 46.5 Å². The lowest BCUT2D eigenvalue weighted by Crippen LogP contribution is -2.55. The molecule has 0 radical (unpaired) electrons. The van der Waals surface area contributed by atoms with E-state index in [0.29, 0.717) is 51.6 Å². The summed E-state index contributed by atoms with van der Waals surface area (Å²) in [5.74, 6) is -9.13. The van der Waals surface area contributed by atoms with Crippen molar-refractivity contribution in [2.75, 3.05) is 122 Å². The number of H-pyrrole nitrogens is 3. The molecule has 32 N–H and O–H groups in total. The number of nitrogen functional groups attached to an aromatic ring is 3. The number of unbranched alkanes of at least 4 members (excludes halogenated alkanes) is 2. The Bertz CT molecular complexity index is 4930. The Morgan fingerprint density at radius 1 is 0.504 bits per heavy atom. The minimum atomic E-state index is -1.52. The largest absolute Gasteiger partial charge is 0.383 e. The first kappa shape index (κ1) is 96.4. The van der Waals surface area contributed by atoms with Crippen LogP contribution in [0.3, 0.4) is 0 Å². The highest BCUT2D eigenvalue weighted by Crippen LogP contribution is 2.18. The van der Waals surface area contributed by atoms with Crippen LogP contribution >= 0.6 is 0 Å². The van der Waals surface area contributed by atoms with Gasteiger partial charge >= 0.3 is 11.4 Å². The van der Waals surface area contributed by atoms with Crippen molar-refractivity contribution >= 4 is 117 Å². The molecule has 0 bridgehead atoms. The number of carbonyl (C=O) groups excluding carboxylic acids is 10. The molecule has 6 rings (SSSR count). The van der Waals surface area contributed by atoms with Gasteiger partial charge in [0.25, 0.3) is 16.7 Å². The molecule has 0 aromatic carbocycles. The summed E-state index contributed by atoms with van der Waals surface area (Å²) >= 11 is 0. The maximum Gasteiger partial charge on any atom is 0.349 e.